The van der Waals surface area contributed by atoms with Crippen molar-refractivity contribution in [3.63, 3.8) is 0 Å². The van der Waals surface area contributed by atoms with Gasteiger partial charge in [-0.05, 0) is 18.3 Å². The first-order chi connectivity index (χ1) is 4.22. The van der Waals surface area contributed by atoms with Crippen molar-refractivity contribution in [3.05, 3.63) is 0 Å². The summed E-state index contributed by atoms with van der Waals surface area (Å²) in [6.45, 7) is 4.57. The molecule has 0 nitrogen and oxygen atoms in total. The molecule has 54 valence electrons. The van der Waals surface area contributed by atoms with Crippen LogP contribution < -0.4 is 0 Å². The highest BCUT2D eigenvalue weighted by molar-refractivity contribution is 6.20. The summed E-state index contributed by atoms with van der Waals surface area (Å²) in [4.78, 5) is 0. The van der Waals surface area contributed by atoms with E-state index in [-0.39, 0.29) is 0 Å². The Morgan fingerprint density at radius 1 is 1.22 bits per heavy atom. The molecule has 1 aliphatic carbocycles. The van der Waals surface area contributed by atoms with Crippen LogP contribution in [0.2, 0.25) is 0 Å². The molecule has 0 N–H and O–H groups in total. The maximum absolute atomic E-state index is 6.06. The van der Waals surface area contributed by atoms with Crippen molar-refractivity contribution in [2.75, 3.05) is 0 Å². The van der Waals surface area contributed by atoms with Crippen LogP contribution in [0.15, 0.2) is 0 Å². The monoisotopic (exact) mass is 146 g/mol. The van der Waals surface area contributed by atoms with Crippen LogP contribution in [0.4, 0.5) is 0 Å². The largest absolute Gasteiger partial charge is 0.123 e. The lowest BCUT2D eigenvalue weighted by atomic mass is 9.81. The Morgan fingerprint density at radius 3 is 2.33 bits per heavy atom. The molecule has 0 amide bonds. The first kappa shape index (κ1) is 7.40. The number of rotatable bonds is 0. The Bertz CT molecular complexity index is 80.6. The first-order valence-corrected chi connectivity index (χ1v) is 4.29. The van der Waals surface area contributed by atoms with Crippen LogP contribution >= 0.6 is 11.6 Å². The summed E-state index contributed by atoms with van der Waals surface area (Å²) in [5, 5.41) is 0.453. The molecule has 0 radical (unpaired) electrons. The van der Waals surface area contributed by atoms with Gasteiger partial charge < -0.3 is 0 Å². The minimum absolute atomic E-state index is 0.453. The van der Waals surface area contributed by atoms with Crippen molar-refractivity contribution >= 4 is 11.6 Å². The van der Waals surface area contributed by atoms with E-state index in [0.29, 0.717) is 5.38 Å². The van der Waals surface area contributed by atoms with E-state index in [1.165, 1.54) is 19.3 Å². The van der Waals surface area contributed by atoms with Crippen molar-refractivity contribution < 1.29 is 0 Å². The average molecular weight is 147 g/mol. The lowest BCUT2D eigenvalue weighted by Crippen LogP contribution is -2.24. The third-order valence-corrected chi connectivity index (χ3v) is 3.22. The van der Waals surface area contributed by atoms with E-state index in [9.17, 15) is 0 Å². The van der Waals surface area contributed by atoms with E-state index in [0.717, 1.165) is 11.8 Å². The Hall–Kier alpha value is 0.290. The highest BCUT2D eigenvalue weighted by atomic mass is 35.5. The van der Waals surface area contributed by atoms with Gasteiger partial charge in [-0.3, -0.25) is 0 Å². The maximum atomic E-state index is 6.06. The number of alkyl halides is 1. The molecule has 0 aromatic carbocycles. The molecule has 1 saturated carbocycles. The van der Waals surface area contributed by atoms with Crippen LogP contribution in [0.5, 0.6) is 0 Å². The predicted octanol–water partition coefficient (Wildman–Crippen LogP) is 3.05. The Labute approximate surface area is 62.6 Å². The third-order valence-electron chi connectivity index (χ3n) is 2.61. The van der Waals surface area contributed by atoms with Crippen LogP contribution in [-0.2, 0) is 0 Å². The number of hydrogen-bond acceptors (Lipinski definition) is 0. The third kappa shape index (κ3) is 1.61. The fourth-order valence-electron chi connectivity index (χ4n) is 1.52. The summed E-state index contributed by atoms with van der Waals surface area (Å²) in [5.74, 6) is 1.58. The number of halogens is 1. The van der Waals surface area contributed by atoms with Gasteiger partial charge in [-0.1, -0.05) is 26.7 Å². The lowest BCUT2D eigenvalue weighted by Gasteiger charge is -2.29. The Kier molecular flexibility index (Phi) is 2.40. The highest BCUT2D eigenvalue weighted by Crippen LogP contribution is 2.32. The standard InChI is InChI=1S/C8H15Cl/c1-6-4-3-5-8(9)7(6)2/h6-8H,3-5H2,1-2H3/t6-,7?,8?/m0/s1. The van der Waals surface area contributed by atoms with E-state index >= 15 is 0 Å². The summed E-state index contributed by atoms with van der Waals surface area (Å²) in [6, 6.07) is 0. The van der Waals surface area contributed by atoms with Gasteiger partial charge in [-0.2, -0.15) is 0 Å². The zero-order valence-electron chi connectivity index (χ0n) is 6.23. The van der Waals surface area contributed by atoms with E-state index < -0.39 is 0 Å². The van der Waals surface area contributed by atoms with Crippen LogP contribution in [0.25, 0.3) is 0 Å². The second kappa shape index (κ2) is 2.92. The quantitative estimate of drug-likeness (QED) is 0.461. The topological polar surface area (TPSA) is 0 Å². The molecule has 0 bridgehead atoms. The molecule has 1 aliphatic rings. The SMILES string of the molecule is CC1C(Cl)CCC[C@@H]1C. The van der Waals surface area contributed by atoms with Gasteiger partial charge in [-0.15, -0.1) is 11.6 Å². The van der Waals surface area contributed by atoms with E-state index in [4.69, 9.17) is 11.6 Å². The Balaban J connectivity index is 2.41. The first-order valence-electron chi connectivity index (χ1n) is 3.86. The van der Waals surface area contributed by atoms with Gasteiger partial charge in [0, 0.05) is 5.38 Å². The minimum Gasteiger partial charge on any atom is -0.123 e. The zero-order valence-corrected chi connectivity index (χ0v) is 6.99. The molecular weight excluding hydrogens is 132 g/mol. The van der Waals surface area contributed by atoms with Gasteiger partial charge in [-0.25, -0.2) is 0 Å². The molecule has 9 heavy (non-hydrogen) atoms. The van der Waals surface area contributed by atoms with Gasteiger partial charge in [0.25, 0.3) is 0 Å². The summed E-state index contributed by atoms with van der Waals surface area (Å²) < 4.78 is 0. The fourth-order valence-corrected chi connectivity index (χ4v) is 1.92. The van der Waals surface area contributed by atoms with E-state index in [1.807, 2.05) is 0 Å². The summed E-state index contributed by atoms with van der Waals surface area (Å²) in [6.07, 6.45) is 3.94. The van der Waals surface area contributed by atoms with Crippen LogP contribution in [0.1, 0.15) is 33.1 Å². The van der Waals surface area contributed by atoms with Crippen molar-refractivity contribution in [1.82, 2.24) is 0 Å². The van der Waals surface area contributed by atoms with Crippen molar-refractivity contribution in [2.24, 2.45) is 11.8 Å². The smallest absolute Gasteiger partial charge is 0.0364 e. The van der Waals surface area contributed by atoms with Crippen molar-refractivity contribution in [1.29, 1.82) is 0 Å². The molecule has 0 aliphatic heterocycles. The van der Waals surface area contributed by atoms with Gasteiger partial charge in [0.05, 0.1) is 0 Å². The second-order valence-electron chi connectivity index (χ2n) is 3.28. The molecule has 0 heterocycles. The van der Waals surface area contributed by atoms with Gasteiger partial charge in [0.15, 0.2) is 0 Å². The molecule has 0 saturated heterocycles. The molecule has 1 fully saturated rings. The summed E-state index contributed by atoms with van der Waals surface area (Å²) in [5.41, 5.74) is 0. The lowest BCUT2D eigenvalue weighted by molar-refractivity contribution is 0.283. The average Bonchev–Trinajstić information content (AvgIpc) is 1.83. The second-order valence-corrected chi connectivity index (χ2v) is 3.84. The molecule has 2 unspecified atom stereocenters. The van der Waals surface area contributed by atoms with Gasteiger partial charge in [0.1, 0.15) is 0 Å². The molecule has 0 spiro atoms. The molecule has 1 rings (SSSR count). The van der Waals surface area contributed by atoms with Crippen LogP contribution in [-0.4, -0.2) is 5.38 Å². The van der Waals surface area contributed by atoms with Crippen LogP contribution in [0.3, 0.4) is 0 Å². The molecule has 3 atom stereocenters. The van der Waals surface area contributed by atoms with E-state index in [2.05, 4.69) is 13.8 Å². The molecular formula is C8H15Cl. The van der Waals surface area contributed by atoms with Gasteiger partial charge in [0.2, 0.25) is 0 Å². The Morgan fingerprint density at radius 2 is 1.89 bits per heavy atom. The molecule has 1 heteroatoms. The van der Waals surface area contributed by atoms with Crippen LogP contribution in [0, 0.1) is 11.8 Å². The van der Waals surface area contributed by atoms with Gasteiger partial charge >= 0.3 is 0 Å². The van der Waals surface area contributed by atoms with E-state index in [1.54, 1.807) is 0 Å². The molecule has 0 aromatic heterocycles. The highest BCUT2D eigenvalue weighted by Gasteiger charge is 2.24. The van der Waals surface area contributed by atoms with Crippen molar-refractivity contribution in [2.45, 2.75) is 38.5 Å². The molecule has 0 aromatic rings. The fraction of sp³-hybridized carbons (Fsp3) is 1.00. The normalized spacial score (nSPS) is 45.0. The maximum Gasteiger partial charge on any atom is 0.0364 e. The summed E-state index contributed by atoms with van der Waals surface area (Å²) in [7, 11) is 0. The predicted molar refractivity (Wildman–Crippen MR) is 41.8 cm³/mol. The van der Waals surface area contributed by atoms with Crippen molar-refractivity contribution in [3.8, 4) is 0 Å². The number of hydrogen-bond donors (Lipinski definition) is 0. The minimum atomic E-state index is 0.453. The summed E-state index contributed by atoms with van der Waals surface area (Å²) >= 11 is 6.06. The zero-order chi connectivity index (χ0) is 6.85.